The number of ether oxygens (including phenoxy) is 2. The van der Waals surface area contributed by atoms with Crippen molar-refractivity contribution in [2.24, 2.45) is 5.41 Å². The van der Waals surface area contributed by atoms with Crippen molar-refractivity contribution in [2.75, 3.05) is 59.3 Å². The lowest BCUT2D eigenvalue weighted by Crippen LogP contribution is -2.58. The zero-order valence-electron chi connectivity index (χ0n) is 17.8. The van der Waals surface area contributed by atoms with Crippen LogP contribution in [0.1, 0.15) is 32.6 Å². The maximum atomic E-state index is 12.5. The summed E-state index contributed by atoms with van der Waals surface area (Å²) in [7, 11) is 0.891. The lowest BCUT2D eigenvalue weighted by molar-refractivity contribution is -0.192. The number of fused-ring (bicyclic) bond motifs is 1. The minimum absolute atomic E-state index is 0.128. The predicted molar refractivity (Wildman–Crippen MR) is 105 cm³/mol. The molecule has 2 saturated heterocycles. The first-order valence-electron chi connectivity index (χ1n) is 9.96. The first kappa shape index (κ1) is 27.1. The van der Waals surface area contributed by atoms with Gasteiger partial charge in [0.2, 0.25) is 10.0 Å². The molecule has 8 nitrogen and oxygen atoms in total. The summed E-state index contributed by atoms with van der Waals surface area (Å²) in [6, 6.07) is 0. The normalized spacial score (nSPS) is 25.4. The molecule has 0 aliphatic carbocycles. The number of nitrogens with zero attached hydrogens (tertiary/aromatic N) is 2. The molecule has 2 rings (SSSR count). The molecule has 0 aromatic carbocycles. The van der Waals surface area contributed by atoms with Crippen LogP contribution < -0.4 is 0 Å². The van der Waals surface area contributed by atoms with Crippen molar-refractivity contribution in [3.63, 3.8) is 0 Å². The number of alkyl halides is 3. The van der Waals surface area contributed by atoms with Gasteiger partial charge >= 0.3 is 12.1 Å². The third-order valence-electron chi connectivity index (χ3n) is 5.12. The molecule has 0 radical (unpaired) electrons. The maximum Gasteiger partial charge on any atom is 0.490 e. The van der Waals surface area contributed by atoms with E-state index >= 15 is 0 Å². The van der Waals surface area contributed by atoms with Gasteiger partial charge in [-0.05, 0) is 39.8 Å². The highest BCUT2D eigenvalue weighted by Gasteiger charge is 2.48. The van der Waals surface area contributed by atoms with Gasteiger partial charge in [-0.2, -0.15) is 13.2 Å². The Morgan fingerprint density at radius 3 is 2.53 bits per heavy atom. The topological polar surface area (TPSA) is 96.4 Å². The van der Waals surface area contributed by atoms with Crippen LogP contribution in [0, 0.1) is 5.41 Å². The summed E-state index contributed by atoms with van der Waals surface area (Å²) in [6.45, 7) is 5.95. The van der Waals surface area contributed by atoms with Crippen LogP contribution in [0.25, 0.3) is 0 Å². The summed E-state index contributed by atoms with van der Waals surface area (Å²) >= 11 is 0. The van der Waals surface area contributed by atoms with Crippen LogP contribution >= 0.6 is 0 Å². The largest absolute Gasteiger partial charge is 0.490 e. The lowest BCUT2D eigenvalue weighted by atomic mass is 9.73. The van der Waals surface area contributed by atoms with Crippen molar-refractivity contribution in [1.82, 2.24) is 9.21 Å². The summed E-state index contributed by atoms with van der Waals surface area (Å²) in [5, 5.41) is 7.12. The minimum Gasteiger partial charge on any atom is -0.475 e. The van der Waals surface area contributed by atoms with Crippen LogP contribution in [0.15, 0.2) is 0 Å². The van der Waals surface area contributed by atoms with Crippen LogP contribution in [0.2, 0.25) is 0 Å². The van der Waals surface area contributed by atoms with Gasteiger partial charge in [-0.15, -0.1) is 0 Å². The van der Waals surface area contributed by atoms with Gasteiger partial charge in [-0.1, -0.05) is 6.92 Å². The second-order valence-corrected chi connectivity index (χ2v) is 10.0. The van der Waals surface area contributed by atoms with E-state index in [-0.39, 0.29) is 17.3 Å². The number of sulfonamides is 1. The molecule has 0 aromatic rings. The fourth-order valence-corrected chi connectivity index (χ4v) is 5.22. The van der Waals surface area contributed by atoms with Gasteiger partial charge in [0.05, 0.1) is 25.1 Å². The SMILES string of the molecule is CCCS(=O)(=O)N1CCC2OCCCC2(COCCN(C)C)C1.O=C(O)C(F)(F)F. The minimum atomic E-state index is -5.08. The molecule has 178 valence electrons. The van der Waals surface area contributed by atoms with E-state index in [0.717, 1.165) is 32.4 Å². The molecule has 2 atom stereocenters. The number of likely N-dealkylation sites (N-methyl/N-ethyl adjacent to an activating group) is 1. The third-order valence-corrected chi connectivity index (χ3v) is 7.15. The van der Waals surface area contributed by atoms with Gasteiger partial charge in [0.25, 0.3) is 0 Å². The monoisotopic (exact) mass is 462 g/mol. The van der Waals surface area contributed by atoms with Gasteiger partial charge in [0.1, 0.15) is 0 Å². The highest BCUT2D eigenvalue weighted by atomic mass is 32.2. The lowest BCUT2D eigenvalue weighted by Gasteiger charge is -2.49. The Morgan fingerprint density at radius 1 is 1.37 bits per heavy atom. The second-order valence-electron chi connectivity index (χ2n) is 7.92. The Bertz CT molecular complexity index is 644. The van der Waals surface area contributed by atoms with E-state index < -0.39 is 22.2 Å². The van der Waals surface area contributed by atoms with Crippen LogP contribution in [-0.4, -0.2) is 100 Å². The molecular weight excluding hydrogens is 429 g/mol. The Labute approximate surface area is 176 Å². The van der Waals surface area contributed by atoms with E-state index in [1.807, 2.05) is 21.0 Å². The van der Waals surface area contributed by atoms with Gasteiger partial charge in [-0.3, -0.25) is 0 Å². The standard InChI is InChI=1S/C16H32N2O4S.C2HF3O2/c1-4-12-23(19,20)18-8-6-15-16(13-18,7-5-10-22-15)14-21-11-9-17(2)3;3-2(4,5)1(6)7/h15H,4-14H2,1-3H3;(H,6,7). The molecular formula is C18H33F3N2O6S. The number of carboxylic acids is 1. The van der Waals surface area contributed by atoms with Gasteiger partial charge in [0.15, 0.2) is 0 Å². The fourth-order valence-electron chi connectivity index (χ4n) is 3.61. The van der Waals surface area contributed by atoms with E-state index in [2.05, 4.69) is 4.90 Å². The number of aliphatic carboxylic acids is 1. The molecule has 12 heteroatoms. The van der Waals surface area contributed by atoms with Crippen molar-refractivity contribution in [2.45, 2.75) is 44.9 Å². The van der Waals surface area contributed by atoms with Gasteiger partial charge < -0.3 is 19.5 Å². The van der Waals surface area contributed by atoms with E-state index in [1.54, 1.807) is 4.31 Å². The van der Waals surface area contributed by atoms with Crippen molar-refractivity contribution < 1.29 is 41.0 Å². The Balaban J connectivity index is 0.000000553. The zero-order chi connectivity index (χ0) is 23.0. The number of rotatable bonds is 8. The summed E-state index contributed by atoms with van der Waals surface area (Å²) in [5.41, 5.74) is -0.177. The van der Waals surface area contributed by atoms with Crippen molar-refractivity contribution in [3.8, 4) is 0 Å². The first-order valence-corrected chi connectivity index (χ1v) is 11.6. The number of hydrogen-bond donors (Lipinski definition) is 1. The molecule has 30 heavy (non-hydrogen) atoms. The van der Waals surface area contributed by atoms with Crippen LogP contribution in [-0.2, 0) is 24.3 Å². The summed E-state index contributed by atoms with van der Waals surface area (Å²) in [6.07, 6.45) is -1.55. The van der Waals surface area contributed by atoms with Crippen molar-refractivity contribution in [3.05, 3.63) is 0 Å². The fraction of sp³-hybridized carbons (Fsp3) is 0.944. The highest BCUT2D eigenvalue weighted by Crippen LogP contribution is 2.41. The van der Waals surface area contributed by atoms with Crippen molar-refractivity contribution >= 4 is 16.0 Å². The summed E-state index contributed by atoms with van der Waals surface area (Å²) in [5.74, 6) is -2.52. The highest BCUT2D eigenvalue weighted by molar-refractivity contribution is 7.89. The number of piperidine rings is 1. The smallest absolute Gasteiger partial charge is 0.475 e. The van der Waals surface area contributed by atoms with E-state index in [1.165, 1.54) is 0 Å². The molecule has 1 N–H and O–H groups in total. The first-order chi connectivity index (χ1) is 13.8. The predicted octanol–water partition coefficient (Wildman–Crippen LogP) is 1.81. The second kappa shape index (κ2) is 11.6. The zero-order valence-corrected chi connectivity index (χ0v) is 18.6. The van der Waals surface area contributed by atoms with Crippen LogP contribution in [0.4, 0.5) is 13.2 Å². The van der Waals surface area contributed by atoms with Crippen molar-refractivity contribution in [1.29, 1.82) is 0 Å². The molecule has 2 aliphatic rings. The number of carbonyl (C=O) groups is 1. The Kier molecular flexibility index (Phi) is 10.5. The Morgan fingerprint density at radius 2 is 2.00 bits per heavy atom. The van der Waals surface area contributed by atoms with Gasteiger partial charge in [-0.25, -0.2) is 17.5 Å². The maximum absolute atomic E-state index is 12.5. The third kappa shape index (κ3) is 8.29. The number of carboxylic acid groups (broad SMARTS) is 1. The molecule has 0 amide bonds. The molecule has 2 aliphatic heterocycles. The number of hydrogen-bond acceptors (Lipinski definition) is 6. The van der Waals surface area contributed by atoms with E-state index in [9.17, 15) is 21.6 Å². The summed E-state index contributed by atoms with van der Waals surface area (Å²) < 4.78 is 70.2. The molecule has 0 saturated carbocycles. The summed E-state index contributed by atoms with van der Waals surface area (Å²) in [4.78, 5) is 11.0. The average molecular weight is 463 g/mol. The van der Waals surface area contributed by atoms with Gasteiger partial charge in [0, 0.05) is 31.7 Å². The average Bonchev–Trinajstić information content (AvgIpc) is 2.64. The van der Waals surface area contributed by atoms with Crippen LogP contribution in [0.5, 0.6) is 0 Å². The van der Waals surface area contributed by atoms with E-state index in [0.29, 0.717) is 32.7 Å². The Hall–Kier alpha value is -0.950. The molecule has 2 unspecified atom stereocenters. The molecule has 0 bridgehead atoms. The molecule has 2 fully saturated rings. The number of halogens is 3. The quantitative estimate of drug-likeness (QED) is 0.550. The molecule has 0 spiro atoms. The molecule has 0 aromatic heterocycles. The molecule has 2 heterocycles. The van der Waals surface area contributed by atoms with E-state index in [4.69, 9.17) is 19.4 Å². The van der Waals surface area contributed by atoms with Crippen LogP contribution in [0.3, 0.4) is 0 Å².